The molecule has 1 aliphatic heterocycles. The number of carbonyl (C=O) groups is 1. The molecule has 1 aromatic rings. The first kappa shape index (κ1) is 19.3. The highest BCUT2D eigenvalue weighted by Gasteiger charge is 2.31. The minimum absolute atomic E-state index is 0.0258. The fourth-order valence-electron chi connectivity index (χ4n) is 2.76. The van der Waals surface area contributed by atoms with Crippen LogP contribution in [0.2, 0.25) is 0 Å². The van der Waals surface area contributed by atoms with Gasteiger partial charge in [-0.25, -0.2) is 4.39 Å². The van der Waals surface area contributed by atoms with Crippen molar-refractivity contribution in [2.24, 2.45) is 0 Å². The van der Waals surface area contributed by atoms with Crippen LogP contribution in [-0.4, -0.2) is 34.5 Å². The van der Waals surface area contributed by atoms with E-state index in [1.807, 2.05) is 6.20 Å². The number of rotatable bonds is 7. The first-order valence-electron chi connectivity index (χ1n) is 9.07. The van der Waals surface area contributed by atoms with E-state index in [-0.39, 0.29) is 17.3 Å². The average molecular weight is 347 g/mol. The van der Waals surface area contributed by atoms with Crippen molar-refractivity contribution in [3.63, 3.8) is 0 Å². The summed E-state index contributed by atoms with van der Waals surface area (Å²) in [6.45, 7) is 10.6. The second-order valence-electron chi connectivity index (χ2n) is 7.58. The van der Waals surface area contributed by atoms with Crippen LogP contribution in [0.3, 0.4) is 0 Å². The quantitative estimate of drug-likeness (QED) is 0.761. The summed E-state index contributed by atoms with van der Waals surface area (Å²) in [7, 11) is 0. The zero-order valence-electron chi connectivity index (χ0n) is 15.8. The maximum atomic E-state index is 13.0. The summed E-state index contributed by atoms with van der Waals surface area (Å²) in [5.41, 5.74) is 1.58. The van der Waals surface area contributed by atoms with Crippen LogP contribution in [0.1, 0.15) is 52.5 Å². The second-order valence-corrected chi connectivity index (χ2v) is 7.58. The lowest BCUT2D eigenvalue weighted by molar-refractivity contribution is -0.119. The van der Waals surface area contributed by atoms with E-state index in [4.69, 9.17) is 0 Å². The average Bonchev–Trinajstić information content (AvgIpc) is 2.99. The van der Waals surface area contributed by atoms with Crippen LogP contribution in [0.4, 0.5) is 4.39 Å². The molecule has 25 heavy (non-hydrogen) atoms. The van der Waals surface area contributed by atoms with Gasteiger partial charge in [-0.05, 0) is 44.9 Å². The smallest absolute Gasteiger partial charge is 0.269 e. The van der Waals surface area contributed by atoms with Crippen molar-refractivity contribution in [3.8, 4) is 0 Å². The van der Waals surface area contributed by atoms with Gasteiger partial charge in [-0.3, -0.25) is 4.79 Å². The van der Waals surface area contributed by atoms with Gasteiger partial charge in [0.15, 0.2) is 0 Å². The highest BCUT2D eigenvalue weighted by Crippen LogP contribution is 2.24. The summed E-state index contributed by atoms with van der Waals surface area (Å²) in [6.07, 6.45) is 5.37. The molecule has 0 bridgehead atoms. The maximum absolute atomic E-state index is 13.0. The number of hydrogen-bond acceptors (Lipinski definition) is 3. The number of benzene rings is 1. The number of nitrogens with one attached hydrogen (secondary N) is 1. The van der Waals surface area contributed by atoms with Gasteiger partial charge < -0.3 is 15.1 Å². The number of nitrogens with zero attached hydrogens (tertiary/aromatic N) is 2. The van der Waals surface area contributed by atoms with Crippen molar-refractivity contribution in [1.82, 2.24) is 15.1 Å². The van der Waals surface area contributed by atoms with Gasteiger partial charge in [0.25, 0.3) is 5.91 Å². The molecule has 0 unspecified atom stereocenters. The van der Waals surface area contributed by atoms with Crippen LogP contribution in [0, 0.1) is 5.82 Å². The summed E-state index contributed by atoms with van der Waals surface area (Å²) < 4.78 is 13.0. The predicted molar refractivity (Wildman–Crippen MR) is 99.0 cm³/mol. The van der Waals surface area contributed by atoms with E-state index >= 15 is 0 Å². The van der Waals surface area contributed by atoms with Crippen LogP contribution in [0.15, 0.2) is 36.2 Å². The van der Waals surface area contributed by atoms with Crippen LogP contribution in [0.25, 0.3) is 0 Å². The van der Waals surface area contributed by atoms with Gasteiger partial charge in [0.1, 0.15) is 11.5 Å². The number of carbonyl (C=O) groups excluding carboxylic acids is 1. The lowest BCUT2D eigenvalue weighted by Gasteiger charge is -2.33. The Morgan fingerprint density at radius 2 is 1.88 bits per heavy atom. The van der Waals surface area contributed by atoms with Crippen molar-refractivity contribution in [2.45, 2.75) is 59.0 Å². The molecule has 2 rings (SSSR count). The van der Waals surface area contributed by atoms with Gasteiger partial charge in [-0.2, -0.15) is 0 Å². The molecule has 1 aliphatic rings. The Balaban J connectivity index is 2.02. The molecular formula is C20H30FN3O. The Labute approximate surface area is 150 Å². The van der Waals surface area contributed by atoms with E-state index in [1.54, 1.807) is 12.1 Å². The number of unbranched alkanes of at least 4 members (excludes halogenated alkanes) is 2. The third-order valence-corrected chi connectivity index (χ3v) is 4.43. The molecule has 0 fully saturated rings. The summed E-state index contributed by atoms with van der Waals surface area (Å²) in [6, 6.07) is 6.21. The third-order valence-electron chi connectivity index (χ3n) is 4.43. The predicted octanol–water partition coefficient (Wildman–Crippen LogP) is 3.85. The topological polar surface area (TPSA) is 35.6 Å². The SMILES string of the molecule is CCCCCN1CN(C(C)(C)C)C=C1C(=O)NCc1ccc(F)cc1. The Kier molecular flexibility index (Phi) is 6.45. The zero-order chi connectivity index (χ0) is 18.4. The highest BCUT2D eigenvalue weighted by molar-refractivity contribution is 5.93. The van der Waals surface area contributed by atoms with Gasteiger partial charge in [0.05, 0.1) is 6.67 Å². The molecule has 1 heterocycles. The monoisotopic (exact) mass is 347 g/mol. The molecular weight excluding hydrogens is 317 g/mol. The first-order valence-corrected chi connectivity index (χ1v) is 9.07. The molecule has 1 N–H and O–H groups in total. The van der Waals surface area contributed by atoms with Gasteiger partial charge in [0, 0.05) is 24.8 Å². The molecule has 1 amide bonds. The molecule has 0 aliphatic carbocycles. The summed E-state index contributed by atoms with van der Waals surface area (Å²) in [5, 5.41) is 2.95. The molecule has 4 nitrogen and oxygen atoms in total. The standard InChI is InChI=1S/C20H30FN3O/c1-5-6-7-12-23-15-24(20(2,3)4)14-18(23)19(25)22-13-16-8-10-17(21)11-9-16/h8-11,14H,5-7,12-13,15H2,1-4H3,(H,22,25). The molecule has 0 spiro atoms. The van der Waals surface area contributed by atoms with E-state index in [1.165, 1.54) is 12.1 Å². The van der Waals surface area contributed by atoms with Crippen LogP contribution in [-0.2, 0) is 11.3 Å². The van der Waals surface area contributed by atoms with E-state index < -0.39 is 0 Å². The molecule has 0 atom stereocenters. The Hall–Kier alpha value is -2.04. The Bertz CT molecular complexity index is 604. The number of amides is 1. The fourth-order valence-corrected chi connectivity index (χ4v) is 2.76. The van der Waals surface area contributed by atoms with Crippen LogP contribution < -0.4 is 5.32 Å². The van der Waals surface area contributed by atoms with Gasteiger partial charge >= 0.3 is 0 Å². The van der Waals surface area contributed by atoms with E-state index in [0.29, 0.717) is 12.2 Å². The van der Waals surface area contributed by atoms with E-state index in [0.717, 1.165) is 38.0 Å². The number of halogens is 1. The lowest BCUT2D eigenvalue weighted by Crippen LogP contribution is -2.40. The fraction of sp³-hybridized carbons (Fsp3) is 0.550. The van der Waals surface area contributed by atoms with Crippen molar-refractivity contribution in [1.29, 1.82) is 0 Å². The summed E-state index contributed by atoms with van der Waals surface area (Å²) in [4.78, 5) is 17.0. The molecule has 0 saturated heterocycles. The van der Waals surface area contributed by atoms with Crippen molar-refractivity contribution in [2.75, 3.05) is 13.2 Å². The van der Waals surface area contributed by atoms with E-state index in [9.17, 15) is 9.18 Å². The molecule has 0 aromatic heterocycles. The maximum Gasteiger partial charge on any atom is 0.269 e. The zero-order valence-corrected chi connectivity index (χ0v) is 15.8. The molecule has 138 valence electrons. The van der Waals surface area contributed by atoms with Crippen molar-refractivity contribution < 1.29 is 9.18 Å². The third kappa shape index (κ3) is 5.48. The minimum atomic E-state index is -0.267. The van der Waals surface area contributed by atoms with Gasteiger partial charge in [-0.15, -0.1) is 0 Å². The second kappa shape index (κ2) is 8.37. The Morgan fingerprint density at radius 1 is 1.20 bits per heavy atom. The minimum Gasteiger partial charge on any atom is -0.353 e. The van der Waals surface area contributed by atoms with Gasteiger partial charge in [-0.1, -0.05) is 31.9 Å². The van der Waals surface area contributed by atoms with Gasteiger partial charge in [0.2, 0.25) is 0 Å². The van der Waals surface area contributed by atoms with Crippen LogP contribution in [0.5, 0.6) is 0 Å². The summed E-state index contributed by atoms with van der Waals surface area (Å²) >= 11 is 0. The highest BCUT2D eigenvalue weighted by atomic mass is 19.1. The summed E-state index contributed by atoms with van der Waals surface area (Å²) in [5.74, 6) is -0.343. The van der Waals surface area contributed by atoms with E-state index in [2.05, 4.69) is 42.8 Å². The normalized spacial score (nSPS) is 14.7. The van der Waals surface area contributed by atoms with Crippen molar-refractivity contribution in [3.05, 3.63) is 47.5 Å². The lowest BCUT2D eigenvalue weighted by atomic mass is 10.1. The molecule has 0 radical (unpaired) electrons. The first-order chi connectivity index (χ1) is 11.8. The largest absolute Gasteiger partial charge is 0.353 e. The van der Waals surface area contributed by atoms with Crippen molar-refractivity contribution >= 4 is 5.91 Å². The molecule has 0 saturated carbocycles. The Morgan fingerprint density at radius 3 is 2.48 bits per heavy atom. The van der Waals surface area contributed by atoms with Crippen LogP contribution >= 0.6 is 0 Å². The number of hydrogen-bond donors (Lipinski definition) is 1. The molecule has 1 aromatic carbocycles. The molecule has 5 heteroatoms.